The third-order valence-corrected chi connectivity index (χ3v) is 9.09. The minimum absolute atomic E-state index is 0.157. The van der Waals surface area contributed by atoms with Crippen LogP contribution >= 0.6 is 7.82 Å². The maximum Gasteiger partial charge on any atom is 0.472 e. The van der Waals surface area contributed by atoms with Crippen molar-refractivity contribution in [1.82, 2.24) is 0 Å². The van der Waals surface area contributed by atoms with E-state index < -0.39 is 51.1 Å². The number of rotatable bonds is 36. The molecule has 1 unspecified atom stereocenters. The number of ether oxygens (including phenoxy) is 2. The molecule has 0 rings (SSSR count). The van der Waals surface area contributed by atoms with Gasteiger partial charge in [-0.1, -0.05) is 134 Å². The number of allylic oxidation sites excluding steroid dienone is 6. The van der Waals surface area contributed by atoms with Crippen LogP contribution in [0, 0.1) is 0 Å². The number of hydrogen-bond acceptors (Lipinski definition) is 9. The lowest BCUT2D eigenvalue weighted by molar-refractivity contribution is -0.161. The van der Waals surface area contributed by atoms with Crippen LogP contribution in [-0.2, 0) is 37.5 Å². The van der Waals surface area contributed by atoms with Gasteiger partial charge in [0.25, 0.3) is 0 Å². The molecule has 296 valence electrons. The van der Waals surface area contributed by atoms with Crippen molar-refractivity contribution in [3.63, 3.8) is 0 Å². The first-order valence-electron chi connectivity index (χ1n) is 19.5. The lowest BCUT2D eigenvalue weighted by Gasteiger charge is -2.20. The van der Waals surface area contributed by atoms with Gasteiger partial charge in [0.15, 0.2) is 6.10 Å². The Kier molecular flexibility index (Phi) is 33.2. The Morgan fingerprint density at radius 2 is 1.04 bits per heavy atom. The Balaban J connectivity index is 4.43. The Hall–Kier alpha value is -2.30. The van der Waals surface area contributed by atoms with Crippen LogP contribution < -0.4 is 5.73 Å². The van der Waals surface area contributed by atoms with Crippen LogP contribution in [0.2, 0.25) is 0 Å². The second-order valence-corrected chi connectivity index (χ2v) is 14.5. The Morgan fingerprint density at radius 1 is 0.608 bits per heavy atom. The summed E-state index contributed by atoms with van der Waals surface area (Å²) in [6.45, 7) is 2.71. The van der Waals surface area contributed by atoms with Crippen LogP contribution in [0.15, 0.2) is 36.5 Å². The fourth-order valence-electron chi connectivity index (χ4n) is 5.01. The molecule has 0 aliphatic heterocycles. The number of carboxylic acid groups (broad SMARTS) is 1. The predicted molar refractivity (Wildman–Crippen MR) is 203 cm³/mol. The van der Waals surface area contributed by atoms with E-state index >= 15 is 0 Å². The number of unbranched alkanes of at least 4 members (excludes halogenated alkanes) is 16. The highest BCUT2D eigenvalue weighted by Crippen LogP contribution is 2.43. The zero-order valence-electron chi connectivity index (χ0n) is 31.7. The van der Waals surface area contributed by atoms with Crippen molar-refractivity contribution in [2.75, 3.05) is 19.8 Å². The zero-order chi connectivity index (χ0) is 37.8. The molecule has 0 aromatic heterocycles. The molecular weight excluding hydrogens is 673 g/mol. The maximum absolute atomic E-state index is 12.5. The van der Waals surface area contributed by atoms with E-state index in [-0.39, 0.29) is 19.4 Å². The molecule has 0 amide bonds. The van der Waals surface area contributed by atoms with E-state index in [0.29, 0.717) is 12.8 Å². The van der Waals surface area contributed by atoms with Crippen LogP contribution in [-0.4, -0.2) is 59.9 Å². The van der Waals surface area contributed by atoms with Crippen molar-refractivity contribution >= 4 is 25.7 Å². The van der Waals surface area contributed by atoms with E-state index in [4.69, 9.17) is 24.8 Å². The number of carboxylic acids is 1. The SMILES string of the molecule is CCCCC/C=C/C/C=C/C/C=C/CCCCCCC(=O)OC[C@@H](COP(=O)(O)OC[C@@H](N)C(=O)O)OC(=O)CCCCCCCCCCCC. The summed E-state index contributed by atoms with van der Waals surface area (Å²) < 4.78 is 32.5. The van der Waals surface area contributed by atoms with Crippen LogP contribution in [0.5, 0.6) is 0 Å². The first-order valence-corrected chi connectivity index (χ1v) is 21.0. The number of phosphoric ester groups is 1. The Morgan fingerprint density at radius 3 is 1.59 bits per heavy atom. The van der Waals surface area contributed by atoms with Crippen LogP contribution in [0.3, 0.4) is 0 Å². The van der Waals surface area contributed by atoms with E-state index in [1.807, 2.05) is 0 Å². The van der Waals surface area contributed by atoms with Gasteiger partial charge in [-0.05, 0) is 51.4 Å². The third kappa shape index (κ3) is 34.5. The number of nitrogens with two attached hydrogens (primary N) is 1. The molecule has 0 aliphatic rings. The van der Waals surface area contributed by atoms with Gasteiger partial charge in [-0.2, -0.15) is 0 Å². The highest BCUT2D eigenvalue weighted by atomic mass is 31.2. The normalized spacial score (nSPS) is 14.3. The Bertz CT molecular complexity index is 1020. The molecule has 12 heteroatoms. The minimum Gasteiger partial charge on any atom is -0.480 e. The van der Waals surface area contributed by atoms with Gasteiger partial charge >= 0.3 is 25.7 Å². The van der Waals surface area contributed by atoms with Crippen molar-refractivity contribution in [3.05, 3.63) is 36.5 Å². The molecule has 51 heavy (non-hydrogen) atoms. The molecule has 0 aromatic rings. The highest BCUT2D eigenvalue weighted by Gasteiger charge is 2.28. The molecule has 0 spiro atoms. The Labute approximate surface area is 308 Å². The van der Waals surface area contributed by atoms with Crippen molar-refractivity contribution in [3.8, 4) is 0 Å². The molecule has 3 atom stereocenters. The molecule has 0 bridgehead atoms. The second-order valence-electron chi connectivity index (χ2n) is 13.1. The zero-order valence-corrected chi connectivity index (χ0v) is 32.6. The van der Waals surface area contributed by atoms with Gasteiger partial charge in [-0.3, -0.25) is 23.4 Å². The summed E-state index contributed by atoms with van der Waals surface area (Å²) in [5, 5.41) is 8.85. The van der Waals surface area contributed by atoms with Crippen LogP contribution in [0.1, 0.15) is 162 Å². The summed E-state index contributed by atoms with van der Waals surface area (Å²) in [7, 11) is -4.71. The monoisotopic (exact) mass is 743 g/mol. The van der Waals surface area contributed by atoms with E-state index in [1.54, 1.807) is 0 Å². The first-order chi connectivity index (χ1) is 24.6. The molecule has 4 N–H and O–H groups in total. The summed E-state index contributed by atoms with van der Waals surface area (Å²) in [5.74, 6) is -2.41. The van der Waals surface area contributed by atoms with Crippen molar-refractivity contribution < 1.29 is 47.5 Å². The lowest BCUT2D eigenvalue weighted by atomic mass is 10.1. The van der Waals surface area contributed by atoms with E-state index in [2.05, 4.69) is 54.8 Å². The average molecular weight is 744 g/mol. The molecule has 0 aliphatic carbocycles. The molecule has 0 saturated heterocycles. The van der Waals surface area contributed by atoms with E-state index in [9.17, 15) is 23.8 Å². The summed E-state index contributed by atoms with van der Waals surface area (Å²) in [6.07, 6.45) is 35.0. The summed E-state index contributed by atoms with van der Waals surface area (Å²) in [5.41, 5.74) is 5.31. The number of carbonyl (C=O) groups excluding carboxylic acids is 2. The minimum atomic E-state index is -4.71. The molecule has 0 aromatic carbocycles. The largest absolute Gasteiger partial charge is 0.480 e. The standard InChI is InChI=1S/C39H70NO10P/c1-3-5-7-9-11-13-15-16-17-18-19-20-21-23-24-26-28-30-37(41)47-32-35(33-48-51(45,46)49-34-36(40)39(43)44)50-38(42)31-29-27-25-22-14-12-10-8-6-4-2/h11,13,16-17,19-20,35-36H,3-10,12,14-15,18,21-34,40H2,1-2H3,(H,43,44)(H,45,46)/b13-11+,17-16+,20-19+/t35-,36+/m0/s1. The summed E-state index contributed by atoms with van der Waals surface area (Å²) in [4.78, 5) is 45.7. The highest BCUT2D eigenvalue weighted by molar-refractivity contribution is 7.47. The molecule has 0 heterocycles. The van der Waals surface area contributed by atoms with Gasteiger partial charge in [0.05, 0.1) is 13.2 Å². The van der Waals surface area contributed by atoms with Gasteiger partial charge in [0.2, 0.25) is 0 Å². The number of carbonyl (C=O) groups is 3. The third-order valence-electron chi connectivity index (χ3n) is 8.14. The van der Waals surface area contributed by atoms with E-state index in [0.717, 1.165) is 57.8 Å². The second kappa shape index (κ2) is 34.8. The van der Waals surface area contributed by atoms with Crippen LogP contribution in [0.25, 0.3) is 0 Å². The van der Waals surface area contributed by atoms with E-state index in [1.165, 1.54) is 64.2 Å². The quantitative estimate of drug-likeness (QED) is 0.0241. The molecule has 0 saturated carbocycles. The topological polar surface area (TPSA) is 172 Å². The molecule has 0 fully saturated rings. The lowest BCUT2D eigenvalue weighted by Crippen LogP contribution is -2.34. The van der Waals surface area contributed by atoms with Gasteiger partial charge in [-0.25, -0.2) is 4.57 Å². The smallest absolute Gasteiger partial charge is 0.472 e. The average Bonchev–Trinajstić information content (AvgIpc) is 3.10. The van der Waals surface area contributed by atoms with Crippen molar-refractivity contribution in [2.45, 2.75) is 174 Å². The van der Waals surface area contributed by atoms with Crippen molar-refractivity contribution in [2.24, 2.45) is 5.73 Å². The predicted octanol–water partition coefficient (Wildman–Crippen LogP) is 9.67. The summed E-state index contributed by atoms with van der Waals surface area (Å²) in [6, 6.07) is -1.52. The molecule has 11 nitrogen and oxygen atoms in total. The van der Waals surface area contributed by atoms with Gasteiger partial charge < -0.3 is 25.2 Å². The number of esters is 2. The number of aliphatic carboxylic acids is 1. The van der Waals surface area contributed by atoms with Crippen molar-refractivity contribution in [1.29, 1.82) is 0 Å². The molecule has 0 radical (unpaired) electrons. The maximum atomic E-state index is 12.5. The van der Waals surface area contributed by atoms with Gasteiger partial charge in [0.1, 0.15) is 12.6 Å². The summed E-state index contributed by atoms with van der Waals surface area (Å²) >= 11 is 0. The molecular formula is C39H70NO10P. The fraction of sp³-hybridized carbons (Fsp3) is 0.769. The van der Waals surface area contributed by atoms with Gasteiger partial charge in [0, 0.05) is 12.8 Å². The number of hydrogen-bond donors (Lipinski definition) is 3. The first kappa shape index (κ1) is 48.7. The van der Waals surface area contributed by atoms with Gasteiger partial charge in [-0.15, -0.1) is 0 Å². The van der Waals surface area contributed by atoms with Crippen LogP contribution in [0.4, 0.5) is 0 Å². The number of phosphoric acid groups is 1. The fourth-order valence-corrected chi connectivity index (χ4v) is 5.79.